The standard InChI is InChI=1S/C17H33N3/c1-15-7-3-6-12-20(15)14-16-8-9-18-13-17(16)19-10-4-2-5-11-19/h15-18H,2-14H2,1H3. The van der Waals surface area contributed by atoms with Crippen molar-refractivity contribution in [1.29, 1.82) is 0 Å². The maximum Gasteiger partial charge on any atom is 0.0261 e. The largest absolute Gasteiger partial charge is 0.315 e. The second kappa shape index (κ2) is 7.24. The molecule has 3 atom stereocenters. The topological polar surface area (TPSA) is 18.5 Å². The molecule has 0 bridgehead atoms. The summed E-state index contributed by atoms with van der Waals surface area (Å²) < 4.78 is 0. The van der Waals surface area contributed by atoms with Crippen molar-refractivity contribution in [2.75, 3.05) is 39.3 Å². The van der Waals surface area contributed by atoms with E-state index in [1.54, 1.807) is 0 Å². The van der Waals surface area contributed by atoms with Crippen molar-refractivity contribution in [3.05, 3.63) is 0 Å². The van der Waals surface area contributed by atoms with E-state index in [1.807, 2.05) is 0 Å². The Balaban J connectivity index is 1.59. The molecule has 0 aromatic rings. The minimum atomic E-state index is 0.804. The van der Waals surface area contributed by atoms with Crippen LogP contribution in [0.15, 0.2) is 0 Å². The van der Waals surface area contributed by atoms with Crippen LogP contribution in [0.5, 0.6) is 0 Å². The Morgan fingerprint density at radius 2 is 1.75 bits per heavy atom. The van der Waals surface area contributed by atoms with E-state index >= 15 is 0 Å². The van der Waals surface area contributed by atoms with Crippen LogP contribution >= 0.6 is 0 Å². The molecule has 3 heteroatoms. The van der Waals surface area contributed by atoms with Crippen LogP contribution in [-0.4, -0.2) is 61.2 Å². The second-order valence-electron chi connectivity index (χ2n) is 7.26. The van der Waals surface area contributed by atoms with Gasteiger partial charge in [0, 0.05) is 25.2 Å². The number of nitrogens with one attached hydrogen (secondary N) is 1. The number of hydrogen-bond donors (Lipinski definition) is 1. The Labute approximate surface area is 125 Å². The third kappa shape index (κ3) is 3.55. The van der Waals surface area contributed by atoms with E-state index in [4.69, 9.17) is 0 Å². The molecule has 0 amide bonds. The molecular formula is C17H33N3. The summed E-state index contributed by atoms with van der Waals surface area (Å²) >= 11 is 0. The first-order valence-electron chi connectivity index (χ1n) is 9.03. The number of hydrogen-bond acceptors (Lipinski definition) is 3. The highest BCUT2D eigenvalue weighted by Crippen LogP contribution is 2.26. The fourth-order valence-electron chi connectivity index (χ4n) is 4.52. The van der Waals surface area contributed by atoms with Crippen LogP contribution in [0.2, 0.25) is 0 Å². The molecule has 3 heterocycles. The lowest BCUT2D eigenvalue weighted by Crippen LogP contribution is -2.56. The average molecular weight is 279 g/mol. The Kier molecular flexibility index (Phi) is 5.36. The first-order chi connectivity index (χ1) is 9.84. The molecule has 0 aromatic carbocycles. The lowest BCUT2D eigenvalue weighted by Gasteiger charge is -2.45. The molecule has 0 aromatic heterocycles. The summed E-state index contributed by atoms with van der Waals surface area (Å²) in [5, 5.41) is 3.65. The van der Waals surface area contributed by atoms with E-state index in [9.17, 15) is 0 Å². The SMILES string of the molecule is CC1CCCCN1CC1CCNCC1N1CCCCC1. The summed E-state index contributed by atoms with van der Waals surface area (Å²) in [4.78, 5) is 5.59. The van der Waals surface area contributed by atoms with Crippen LogP contribution in [0.4, 0.5) is 0 Å². The highest BCUT2D eigenvalue weighted by Gasteiger charge is 2.33. The summed E-state index contributed by atoms with van der Waals surface area (Å²) in [6.07, 6.45) is 9.95. The summed E-state index contributed by atoms with van der Waals surface area (Å²) in [6.45, 7) is 10.3. The second-order valence-corrected chi connectivity index (χ2v) is 7.26. The van der Waals surface area contributed by atoms with Crippen molar-refractivity contribution >= 4 is 0 Å². The molecule has 0 spiro atoms. The predicted octanol–water partition coefficient (Wildman–Crippen LogP) is 2.32. The summed E-state index contributed by atoms with van der Waals surface area (Å²) in [7, 11) is 0. The van der Waals surface area contributed by atoms with Gasteiger partial charge in [0.1, 0.15) is 0 Å². The fraction of sp³-hybridized carbons (Fsp3) is 1.00. The van der Waals surface area contributed by atoms with Gasteiger partial charge in [-0.3, -0.25) is 4.90 Å². The highest BCUT2D eigenvalue weighted by atomic mass is 15.2. The quantitative estimate of drug-likeness (QED) is 0.855. The van der Waals surface area contributed by atoms with Gasteiger partial charge in [-0.1, -0.05) is 12.8 Å². The van der Waals surface area contributed by atoms with Crippen molar-refractivity contribution in [2.45, 2.75) is 64.0 Å². The minimum Gasteiger partial charge on any atom is -0.315 e. The minimum absolute atomic E-state index is 0.804. The van der Waals surface area contributed by atoms with Gasteiger partial charge >= 0.3 is 0 Å². The number of nitrogens with zero attached hydrogens (tertiary/aromatic N) is 2. The molecule has 3 saturated heterocycles. The fourth-order valence-corrected chi connectivity index (χ4v) is 4.52. The maximum absolute atomic E-state index is 3.65. The summed E-state index contributed by atoms with van der Waals surface area (Å²) in [5.74, 6) is 0.898. The number of piperidine rings is 3. The van der Waals surface area contributed by atoms with Crippen LogP contribution in [0.1, 0.15) is 51.9 Å². The van der Waals surface area contributed by atoms with Crippen molar-refractivity contribution in [3.63, 3.8) is 0 Å². The van der Waals surface area contributed by atoms with Gasteiger partial charge in [-0.2, -0.15) is 0 Å². The van der Waals surface area contributed by atoms with E-state index < -0.39 is 0 Å². The van der Waals surface area contributed by atoms with Gasteiger partial charge in [-0.15, -0.1) is 0 Å². The third-order valence-corrected chi connectivity index (χ3v) is 5.86. The van der Waals surface area contributed by atoms with Crippen molar-refractivity contribution in [1.82, 2.24) is 15.1 Å². The molecule has 3 nitrogen and oxygen atoms in total. The average Bonchev–Trinajstić information content (AvgIpc) is 2.51. The molecule has 3 fully saturated rings. The molecule has 3 unspecified atom stereocenters. The highest BCUT2D eigenvalue weighted by molar-refractivity contribution is 4.90. The lowest BCUT2D eigenvalue weighted by molar-refractivity contribution is 0.0528. The van der Waals surface area contributed by atoms with E-state index in [1.165, 1.54) is 84.2 Å². The van der Waals surface area contributed by atoms with Gasteiger partial charge < -0.3 is 10.2 Å². The van der Waals surface area contributed by atoms with Gasteiger partial charge in [-0.05, 0) is 71.1 Å². The molecule has 3 aliphatic rings. The zero-order valence-corrected chi connectivity index (χ0v) is 13.3. The van der Waals surface area contributed by atoms with Crippen LogP contribution in [-0.2, 0) is 0 Å². The van der Waals surface area contributed by atoms with Crippen molar-refractivity contribution in [2.24, 2.45) is 5.92 Å². The van der Waals surface area contributed by atoms with E-state index in [0.29, 0.717) is 0 Å². The van der Waals surface area contributed by atoms with Gasteiger partial charge in [0.2, 0.25) is 0 Å². The molecule has 0 radical (unpaired) electrons. The molecule has 20 heavy (non-hydrogen) atoms. The van der Waals surface area contributed by atoms with Gasteiger partial charge in [-0.25, -0.2) is 0 Å². The first-order valence-corrected chi connectivity index (χ1v) is 9.03. The van der Waals surface area contributed by atoms with E-state index in [2.05, 4.69) is 22.0 Å². The third-order valence-electron chi connectivity index (χ3n) is 5.86. The van der Waals surface area contributed by atoms with E-state index in [-0.39, 0.29) is 0 Å². The predicted molar refractivity (Wildman–Crippen MR) is 85.1 cm³/mol. The Morgan fingerprint density at radius 1 is 0.950 bits per heavy atom. The van der Waals surface area contributed by atoms with Crippen LogP contribution in [0.3, 0.4) is 0 Å². The first kappa shape index (κ1) is 14.8. The number of rotatable bonds is 3. The molecule has 116 valence electrons. The van der Waals surface area contributed by atoms with Crippen LogP contribution in [0.25, 0.3) is 0 Å². The van der Waals surface area contributed by atoms with Gasteiger partial charge in [0.25, 0.3) is 0 Å². The maximum atomic E-state index is 3.65. The Morgan fingerprint density at radius 3 is 2.55 bits per heavy atom. The van der Waals surface area contributed by atoms with Gasteiger partial charge in [0.05, 0.1) is 0 Å². The monoisotopic (exact) mass is 279 g/mol. The zero-order chi connectivity index (χ0) is 13.8. The lowest BCUT2D eigenvalue weighted by atomic mass is 9.88. The molecule has 3 rings (SSSR count). The van der Waals surface area contributed by atoms with Crippen LogP contribution < -0.4 is 5.32 Å². The smallest absolute Gasteiger partial charge is 0.0261 e. The normalized spacial score (nSPS) is 38.0. The molecule has 1 N–H and O–H groups in total. The number of likely N-dealkylation sites (tertiary alicyclic amines) is 2. The zero-order valence-electron chi connectivity index (χ0n) is 13.3. The summed E-state index contributed by atoms with van der Waals surface area (Å²) in [5.41, 5.74) is 0. The van der Waals surface area contributed by atoms with Crippen LogP contribution in [0, 0.1) is 5.92 Å². The molecule has 3 aliphatic heterocycles. The van der Waals surface area contributed by atoms with Crippen molar-refractivity contribution < 1.29 is 0 Å². The van der Waals surface area contributed by atoms with Crippen molar-refractivity contribution in [3.8, 4) is 0 Å². The van der Waals surface area contributed by atoms with E-state index in [0.717, 1.165) is 18.0 Å². The molecule has 0 saturated carbocycles. The van der Waals surface area contributed by atoms with Gasteiger partial charge in [0.15, 0.2) is 0 Å². The molecule has 0 aliphatic carbocycles. The Hall–Kier alpha value is -0.120. The summed E-state index contributed by atoms with van der Waals surface area (Å²) in [6, 6.07) is 1.62. The Bertz CT molecular complexity index is 288. The molecular weight excluding hydrogens is 246 g/mol.